The van der Waals surface area contributed by atoms with Crippen molar-refractivity contribution in [2.75, 3.05) is 22.9 Å². The average molecular weight is 420 g/mol. The zero-order chi connectivity index (χ0) is 21.6. The topological polar surface area (TPSA) is 69.7 Å². The first-order valence-corrected chi connectivity index (χ1v) is 11.1. The van der Waals surface area contributed by atoms with Crippen LogP contribution in [-0.2, 0) is 20.9 Å². The van der Waals surface area contributed by atoms with Crippen LogP contribution in [0.3, 0.4) is 0 Å². The Labute approximate surface area is 183 Å². The van der Waals surface area contributed by atoms with Gasteiger partial charge in [-0.25, -0.2) is 0 Å². The van der Waals surface area contributed by atoms with Crippen LogP contribution in [0.15, 0.2) is 54.6 Å². The molecule has 2 aliphatic rings. The van der Waals surface area contributed by atoms with Gasteiger partial charge in [-0.3, -0.25) is 14.4 Å². The molecule has 1 aliphatic carbocycles. The van der Waals surface area contributed by atoms with Crippen molar-refractivity contribution in [3.63, 3.8) is 0 Å². The molecule has 1 saturated carbocycles. The van der Waals surface area contributed by atoms with Crippen molar-refractivity contribution in [3.05, 3.63) is 60.2 Å². The quantitative estimate of drug-likeness (QED) is 0.777. The smallest absolute Gasteiger partial charge is 0.229 e. The summed E-state index contributed by atoms with van der Waals surface area (Å²) < 4.78 is 0. The molecule has 2 aromatic carbocycles. The second-order valence-electron chi connectivity index (χ2n) is 8.27. The highest BCUT2D eigenvalue weighted by atomic mass is 16.2. The standard InChI is InChI=1S/C25H29N3O3/c29-23(14-16-26-25(31)20-10-4-5-11-20)27-17-15-24(30)28(18-19-8-2-1-3-9-19)22-13-7-6-12-21(22)27/h1-3,6-9,12-13,20H,4-5,10-11,14-18H2,(H,26,31). The number of amides is 3. The van der Waals surface area contributed by atoms with E-state index in [-0.39, 0.29) is 36.5 Å². The molecule has 1 aliphatic heterocycles. The maximum absolute atomic E-state index is 13.0. The Kier molecular flexibility index (Phi) is 6.65. The van der Waals surface area contributed by atoms with E-state index >= 15 is 0 Å². The minimum Gasteiger partial charge on any atom is -0.355 e. The predicted octanol–water partition coefficient (Wildman–Crippen LogP) is 3.65. The molecule has 0 saturated heterocycles. The largest absolute Gasteiger partial charge is 0.355 e. The average Bonchev–Trinajstić information content (AvgIpc) is 3.29. The fourth-order valence-electron chi connectivity index (χ4n) is 4.48. The lowest BCUT2D eigenvalue weighted by molar-refractivity contribution is -0.125. The van der Waals surface area contributed by atoms with Crippen molar-refractivity contribution >= 4 is 29.1 Å². The molecular formula is C25H29N3O3. The molecule has 162 valence electrons. The van der Waals surface area contributed by atoms with Crippen LogP contribution in [0.5, 0.6) is 0 Å². The summed E-state index contributed by atoms with van der Waals surface area (Å²) >= 11 is 0. The van der Waals surface area contributed by atoms with Crippen LogP contribution in [0.1, 0.15) is 44.1 Å². The number of carbonyl (C=O) groups is 3. The Bertz CT molecular complexity index is 938. The number of para-hydroxylation sites is 2. The molecule has 0 unspecified atom stereocenters. The number of fused-ring (bicyclic) bond motifs is 1. The van der Waals surface area contributed by atoms with E-state index in [9.17, 15) is 14.4 Å². The highest BCUT2D eigenvalue weighted by molar-refractivity contribution is 6.05. The van der Waals surface area contributed by atoms with E-state index in [1.54, 1.807) is 9.80 Å². The minimum atomic E-state index is -0.0754. The summed E-state index contributed by atoms with van der Waals surface area (Å²) in [5.41, 5.74) is 2.54. The lowest BCUT2D eigenvalue weighted by Gasteiger charge is -2.26. The van der Waals surface area contributed by atoms with E-state index in [1.165, 1.54) is 0 Å². The number of nitrogens with zero attached hydrogens (tertiary/aromatic N) is 2. The van der Waals surface area contributed by atoms with Crippen molar-refractivity contribution in [1.29, 1.82) is 0 Å². The second-order valence-corrected chi connectivity index (χ2v) is 8.27. The molecule has 1 N–H and O–H groups in total. The summed E-state index contributed by atoms with van der Waals surface area (Å²) in [5, 5.41) is 2.92. The van der Waals surface area contributed by atoms with Gasteiger partial charge in [0.05, 0.1) is 17.9 Å². The molecule has 0 aromatic heterocycles. The maximum Gasteiger partial charge on any atom is 0.229 e. The van der Waals surface area contributed by atoms with E-state index in [0.717, 1.165) is 42.6 Å². The Balaban J connectivity index is 1.46. The van der Waals surface area contributed by atoms with Crippen LogP contribution in [-0.4, -0.2) is 30.8 Å². The highest BCUT2D eigenvalue weighted by Crippen LogP contribution is 2.34. The first-order chi connectivity index (χ1) is 15.1. The summed E-state index contributed by atoms with van der Waals surface area (Å²) in [7, 11) is 0. The molecule has 6 nitrogen and oxygen atoms in total. The molecular weight excluding hydrogens is 390 g/mol. The number of benzene rings is 2. The number of hydrogen-bond donors (Lipinski definition) is 1. The lowest BCUT2D eigenvalue weighted by Crippen LogP contribution is -2.36. The zero-order valence-electron chi connectivity index (χ0n) is 17.8. The molecule has 4 rings (SSSR count). The van der Waals surface area contributed by atoms with E-state index in [0.29, 0.717) is 19.6 Å². The van der Waals surface area contributed by atoms with Crippen LogP contribution in [0, 0.1) is 5.92 Å². The van der Waals surface area contributed by atoms with Crippen molar-refractivity contribution in [2.24, 2.45) is 5.92 Å². The van der Waals surface area contributed by atoms with Gasteiger partial charge in [0.15, 0.2) is 0 Å². The number of nitrogens with one attached hydrogen (secondary N) is 1. The van der Waals surface area contributed by atoms with Gasteiger partial charge >= 0.3 is 0 Å². The van der Waals surface area contributed by atoms with Crippen molar-refractivity contribution in [1.82, 2.24) is 5.32 Å². The molecule has 1 fully saturated rings. The van der Waals surface area contributed by atoms with Gasteiger partial charge in [-0.1, -0.05) is 55.3 Å². The molecule has 31 heavy (non-hydrogen) atoms. The van der Waals surface area contributed by atoms with Crippen molar-refractivity contribution in [2.45, 2.75) is 45.1 Å². The van der Waals surface area contributed by atoms with Crippen molar-refractivity contribution in [3.8, 4) is 0 Å². The normalized spacial score (nSPS) is 16.7. The van der Waals surface area contributed by atoms with E-state index in [4.69, 9.17) is 0 Å². The Morgan fingerprint density at radius 2 is 1.61 bits per heavy atom. The molecule has 0 bridgehead atoms. The SMILES string of the molecule is O=C(NCCC(=O)N1CCC(=O)N(Cc2ccccc2)c2ccccc21)C1CCCC1. The Morgan fingerprint density at radius 3 is 2.35 bits per heavy atom. The molecule has 6 heteroatoms. The van der Waals surface area contributed by atoms with Crippen LogP contribution >= 0.6 is 0 Å². The third-order valence-electron chi connectivity index (χ3n) is 6.16. The summed E-state index contributed by atoms with van der Waals surface area (Å²) in [4.78, 5) is 41.7. The van der Waals surface area contributed by atoms with Crippen LogP contribution in [0.4, 0.5) is 11.4 Å². The van der Waals surface area contributed by atoms with Gasteiger partial charge < -0.3 is 15.1 Å². The van der Waals surface area contributed by atoms with Crippen LogP contribution < -0.4 is 15.1 Å². The fraction of sp³-hybridized carbons (Fsp3) is 0.400. The zero-order valence-corrected chi connectivity index (χ0v) is 17.8. The van der Waals surface area contributed by atoms with Crippen LogP contribution in [0.2, 0.25) is 0 Å². The molecule has 0 radical (unpaired) electrons. The summed E-state index contributed by atoms with van der Waals surface area (Å²) in [6.45, 7) is 1.14. The van der Waals surface area contributed by atoms with Gasteiger partial charge in [0, 0.05) is 31.8 Å². The molecule has 0 spiro atoms. The third-order valence-corrected chi connectivity index (χ3v) is 6.16. The van der Waals surface area contributed by atoms with Gasteiger partial charge in [-0.05, 0) is 30.5 Å². The van der Waals surface area contributed by atoms with E-state index < -0.39 is 0 Å². The molecule has 2 aromatic rings. The van der Waals surface area contributed by atoms with E-state index in [1.807, 2.05) is 54.6 Å². The second kappa shape index (κ2) is 9.77. The molecule has 3 amide bonds. The highest BCUT2D eigenvalue weighted by Gasteiger charge is 2.29. The van der Waals surface area contributed by atoms with Crippen molar-refractivity contribution < 1.29 is 14.4 Å². The maximum atomic E-state index is 13.0. The lowest BCUT2D eigenvalue weighted by atomic mass is 10.1. The molecule has 1 heterocycles. The minimum absolute atomic E-state index is 0.00105. The number of hydrogen-bond acceptors (Lipinski definition) is 3. The third kappa shape index (κ3) is 4.95. The molecule has 0 atom stereocenters. The van der Waals surface area contributed by atoms with Gasteiger partial charge in [0.2, 0.25) is 17.7 Å². The Morgan fingerprint density at radius 1 is 0.935 bits per heavy atom. The summed E-state index contributed by atoms with van der Waals surface area (Å²) in [6, 6.07) is 17.4. The number of rotatable bonds is 6. The number of carbonyl (C=O) groups excluding carboxylic acids is 3. The van der Waals surface area contributed by atoms with Gasteiger partial charge in [-0.15, -0.1) is 0 Å². The first-order valence-electron chi connectivity index (χ1n) is 11.1. The summed E-state index contributed by atoms with van der Waals surface area (Å²) in [6.07, 6.45) is 4.59. The van der Waals surface area contributed by atoms with Gasteiger partial charge in [0.1, 0.15) is 0 Å². The van der Waals surface area contributed by atoms with Crippen LogP contribution in [0.25, 0.3) is 0 Å². The predicted molar refractivity (Wildman–Crippen MR) is 121 cm³/mol. The van der Waals surface area contributed by atoms with Gasteiger partial charge in [0.25, 0.3) is 0 Å². The fourth-order valence-corrected chi connectivity index (χ4v) is 4.48. The van der Waals surface area contributed by atoms with Gasteiger partial charge in [-0.2, -0.15) is 0 Å². The monoisotopic (exact) mass is 419 g/mol. The first kappa shape index (κ1) is 21.1. The Hall–Kier alpha value is -3.15. The summed E-state index contributed by atoms with van der Waals surface area (Å²) in [5.74, 6) is 0.0821. The van der Waals surface area contributed by atoms with E-state index in [2.05, 4.69) is 5.32 Å². The number of anilines is 2.